The van der Waals surface area contributed by atoms with Gasteiger partial charge in [0.15, 0.2) is 0 Å². The number of ether oxygens (including phenoxy) is 3. The van der Waals surface area contributed by atoms with E-state index >= 15 is 0 Å². The van der Waals surface area contributed by atoms with Gasteiger partial charge in [0.1, 0.15) is 18.3 Å². The number of carbonyl (C=O) groups excluding carboxylic acids is 3. The number of esters is 3. The van der Waals surface area contributed by atoms with E-state index in [0.29, 0.717) is 12.5 Å². The first kappa shape index (κ1) is 22.1. The summed E-state index contributed by atoms with van der Waals surface area (Å²) in [6.07, 6.45) is 0.259. The molecule has 0 radical (unpaired) electrons. The van der Waals surface area contributed by atoms with Crippen LogP contribution < -0.4 is 0 Å². The van der Waals surface area contributed by atoms with E-state index in [4.69, 9.17) is 14.2 Å². The average Bonchev–Trinajstić information content (AvgIpc) is 2.95. The average molecular weight is 410 g/mol. The van der Waals surface area contributed by atoms with Crippen molar-refractivity contribution < 1.29 is 28.6 Å². The predicted molar refractivity (Wildman–Crippen MR) is 106 cm³/mol. The van der Waals surface area contributed by atoms with Crippen molar-refractivity contribution in [2.24, 2.45) is 35.0 Å². The number of hydrogen-bond donors (Lipinski definition) is 0. The van der Waals surface area contributed by atoms with Gasteiger partial charge in [0.25, 0.3) is 0 Å². The number of fused-ring (bicyclic) bond motifs is 2. The van der Waals surface area contributed by atoms with Gasteiger partial charge >= 0.3 is 17.9 Å². The van der Waals surface area contributed by atoms with Crippen LogP contribution in [0.1, 0.15) is 47.5 Å². The summed E-state index contributed by atoms with van der Waals surface area (Å²) in [4.78, 5) is 38.8. The molecule has 0 aromatic carbocycles. The zero-order valence-corrected chi connectivity index (χ0v) is 18.6. The lowest BCUT2D eigenvalue weighted by atomic mass is 9.65. The highest BCUT2D eigenvalue weighted by atomic mass is 16.6. The van der Waals surface area contributed by atoms with Gasteiger partial charge in [0, 0.05) is 31.7 Å². The normalized spacial score (nSPS) is 43.9. The second kappa shape index (κ2) is 7.89. The first-order valence-corrected chi connectivity index (χ1v) is 10.7. The summed E-state index contributed by atoms with van der Waals surface area (Å²) < 4.78 is 17.6. The molecule has 3 rings (SSSR count). The minimum absolute atomic E-state index is 0.195. The van der Waals surface area contributed by atoms with Gasteiger partial charge < -0.3 is 19.1 Å². The lowest BCUT2D eigenvalue weighted by molar-refractivity contribution is -0.180. The molecule has 7 nitrogen and oxygen atoms in total. The molecule has 0 spiro atoms. The Morgan fingerprint density at radius 3 is 2.24 bits per heavy atom. The highest BCUT2D eigenvalue weighted by Gasteiger charge is 2.67. The minimum Gasteiger partial charge on any atom is -0.462 e. The van der Waals surface area contributed by atoms with Crippen molar-refractivity contribution in [1.29, 1.82) is 0 Å². The summed E-state index contributed by atoms with van der Waals surface area (Å²) in [7, 11) is 3.84. The van der Waals surface area contributed by atoms with Crippen LogP contribution in [0.4, 0.5) is 0 Å². The molecule has 2 saturated carbocycles. The van der Waals surface area contributed by atoms with Crippen molar-refractivity contribution in [2.45, 2.75) is 65.8 Å². The van der Waals surface area contributed by atoms with Crippen molar-refractivity contribution >= 4 is 17.9 Å². The van der Waals surface area contributed by atoms with Gasteiger partial charge in [-0.2, -0.15) is 0 Å². The van der Waals surface area contributed by atoms with Gasteiger partial charge in [-0.15, -0.1) is 0 Å². The van der Waals surface area contributed by atoms with Crippen molar-refractivity contribution in [3.8, 4) is 0 Å². The molecule has 164 valence electrons. The molecule has 29 heavy (non-hydrogen) atoms. The number of rotatable bonds is 4. The Morgan fingerprint density at radius 2 is 1.69 bits per heavy atom. The van der Waals surface area contributed by atoms with Gasteiger partial charge in [-0.3, -0.25) is 14.4 Å². The highest BCUT2D eigenvalue weighted by molar-refractivity contribution is 5.76. The predicted octanol–water partition coefficient (Wildman–Crippen LogP) is 2.27. The number of nitrogens with zero attached hydrogens (tertiary/aromatic N) is 1. The SMILES string of the molecule is CC(=O)O[C@H]1C[C@H](C)[C@H]2[C@H](C)C[C@@H]3OC(=O)[C@H](CN(C)C)[C@H]3[C@H](OC(C)=O)[C@@]21C. The van der Waals surface area contributed by atoms with Crippen LogP contribution in [-0.2, 0) is 28.6 Å². The fourth-order valence-corrected chi connectivity index (χ4v) is 6.73. The monoisotopic (exact) mass is 409 g/mol. The molecule has 9 atom stereocenters. The van der Waals surface area contributed by atoms with Crippen molar-refractivity contribution in [3.63, 3.8) is 0 Å². The Balaban J connectivity index is 2.12. The van der Waals surface area contributed by atoms with Crippen LogP contribution in [0.5, 0.6) is 0 Å². The molecule has 0 aromatic heterocycles. The molecule has 0 unspecified atom stereocenters. The number of hydrogen-bond acceptors (Lipinski definition) is 7. The Hall–Kier alpha value is -1.63. The maximum Gasteiger partial charge on any atom is 0.311 e. The van der Waals surface area contributed by atoms with Crippen LogP contribution >= 0.6 is 0 Å². The Kier molecular flexibility index (Phi) is 6.01. The molecule has 0 N–H and O–H groups in total. The molecule has 1 aliphatic heterocycles. The van der Waals surface area contributed by atoms with Gasteiger partial charge in [0.2, 0.25) is 0 Å². The van der Waals surface area contributed by atoms with Crippen LogP contribution in [0.2, 0.25) is 0 Å². The van der Waals surface area contributed by atoms with Crippen molar-refractivity contribution in [3.05, 3.63) is 0 Å². The molecule has 1 saturated heterocycles. The Labute approximate surface area is 173 Å². The lowest BCUT2D eigenvalue weighted by Gasteiger charge is -2.45. The molecule has 0 aromatic rings. The molecule has 3 fully saturated rings. The smallest absolute Gasteiger partial charge is 0.311 e. The van der Waals surface area contributed by atoms with Gasteiger partial charge in [-0.25, -0.2) is 0 Å². The largest absolute Gasteiger partial charge is 0.462 e. The lowest BCUT2D eigenvalue weighted by Crippen LogP contribution is -2.53. The van der Waals surface area contributed by atoms with E-state index < -0.39 is 11.5 Å². The van der Waals surface area contributed by atoms with Gasteiger partial charge in [-0.1, -0.05) is 20.8 Å². The minimum atomic E-state index is -0.575. The van der Waals surface area contributed by atoms with Crippen LogP contribution in [0.3, 0.4) is 0 Å². The fraction of sp³-hybridized carbons (Fsp3) is 0.864. The molecular weight excluding hydrogens is 374 g/mol. The summed E-state index contributed by atoms with van der Waals surface area (Å²) in [6, 6.07) is 0. The summed E-state index contributed by atoms with van der Waals surface area (Å²) in [5.41, 5.74) is -0.575. The van der Waals surface area contributed by atoms with Crippen LogP contribution in [0, 0.1) is 35.0 Å². The number of carbonyl (C=O) groups is 3. The third-order valence-electron chi connectivity index (χ3n) is 7.42. The zero-order valence-electron chi connectivity index (χ0n) is 18.6. The first-order chi connectivity index (χ1) is 13.5. The van der Waals surface area contributed by atoms with E-state index in [1.54, 1.807) is 0 Å². The van der Waals surface area contributed by atoms with E-state index in [-0.39, 0.29) is 53.8 Å². The summed E-state index contributed by atoms with van der Waals surface area (Å²) in [5, 5.41) is 0. The highest BCUT2D eigenvalue weighted by Crippen LogP contribution is 2.60. The maximum atomic E-state index is 12.8. The van der Waals surface area contributed by atoms with E-state index in [1.165, 1.54) is 13.8 Å². The third-order valence-corrected chi connectivity index (χ3v) is 7.42. The topological polar surface area (TPSA) is 82.1 Å². The van der Waals surface area contributed by atoms with Crippen LogP contribution in [0.15, 0.2) is 0 Å². The van der Waals surface area contributed by atoms with Crippen LogP contribution in [-0.4, -0.2) is 61.8 Å². The van der Waals surface area contributed by atoms with Gasteiger partial charge in [-0.05, 0) is 44.7 Å². The summed E-state index contributed by atoms with van der Waals surface area (Å²) in [5.74, 6) is -0.829. The molecule has 7 heteroatoms. The third kappa shape index (κ3) is 3.78. The Morgan fingerprint density at radius 1 is 1.10 bits per heavy atom. The van der Waals surface area contributed by atoms with E-state index in [0.717, 1.165) is 12.8 Å². The molecule has 0 bridgehead atoms. The van der Waals surface area contributed by atoms with E-state index in [2.05, 4.69) is 20.8 Å². The van der Waals surface area contributed by atoms with Crippen molar-refractivity contribution in [2.75, 3.05) is 20.6 Å². The van der Waals surface area contributed by atoms with Crippen LogP contribution in [0.25, 0.3) is 0 Å². The Bertz CT molecular complexity index is 678. The van der Waals surface area contributed by atoms with Crippen molar-refractivity contribution in [1.82, 2.24) is 4.90 Å². The second-order valence-electron chi connectivity index (χ2n) is 9.87. The quantitative estimate of drug-likeness (QED) is 0.520. The second-order valence-corrected chi connectivity index (χ2v) is 9.87. The van der Waals surface area contributed by atoms with E-state index in [9.17, 15) is 14.4 Å². The van der Waals surface area contributed by atoms with Gasteiger partial charge in [0.05, 0.1) is 5.92 Å². The molecular formula is C22H35NO6. The summed E-state index contributed by atoms with van der Waals surface area (Å²) >= 11 is 0. The fourth-order valence-electron chi connectivity index (χ4n) is 6.73. The molecule has 3 aliphatic rings. The zero-order chi connectivity index (χ0) is 21.7. The first-order valence-electron chi connectivity index (χ1n) is 10.7. The standard InChI is InChI=1S/C22H35NO6/c1-11-8-16-18(15(10-23(6)7)21(26)29-16)20(28-14(4)25)22(5)17(27-13(3)24)9-12(2)19(11)22/h11-12,15-20H,8-10H2,1-7H3/t11-,12+,15-,16+,17+,18-,19-,20+,22-/m1/s1. The molecule has 1 heterocycles. The summed E-state index contributed by atoms with van der Waals surface area (Å²) in [6.45, 7) is 9.78. The van der Waals surface area contributed by atoms with E-state index in [1.807, 2.05) is 19.0 Å². The molecule has 0 amide bonds. The molecule has 2 aliphatic carbocycles. The maximum absolute atomic E-state index is 12.8.